The Morgan fingerprint density at radius 3 is 2.54 bits per heavy atom. The Hall–Kier alpha value is -0.850. The number of aliphatic imine (C=N–C) groups is 1. The van der Waals surface area contributed by atoms with E-state index >= 15 is 0 Å². The first-order chi connectivity index (χ1) is 11.9. The Labute approximate surface area is 163 Å². The lowest BCUT2D eigenvalue weighted by Crippen LogP contribution is -2.50. The van der Waals surface area contributed by atoms with Gasteiger partial charge >= 0.3 is 0 Å². The number of nitrogens with zero attached hydrogens (tertiary/aromatic N) is 1. The van der Waals surface area contributed by atoms with E-state index in [2.05, 4.69) is 45.3 Å². The molecular weight excluding hydrogens is 314 g/mol. The van der Waals surface area contributed by atoms with Gasteiger partial charge in [-0.15, -0.1) is 0 Å². The van der Waals surface area contributed by atoms with Gasteiger partial charge in [-0.05, 0) is 80.5 Å². The van der Waals surface area contributed by atoms with Gasteiger partial charge < -0.3 is 0 Å². The summed E-state index contributed by atoms with van der Waals surface area (Å²) in [5.74, 6) is 3.44. The van der Waals surface area contributed by atoms with Crippen LogP contribution in [0.4, 0.5) is 0 Å². The number of hydrogen-bond acceptors (Lipinski definition) is 1. The van der Waals surface area contributed by atoms with Crippen LogP contribution in [0.15, 0.2) is 29.3 Å². The molecule has 3 aliphatic carbocycles. The van der Waals surface area contributed by atoms with Crippen molar-refractivity contribution in [1.29, 1.82) is 0 Å². The molecule has 0 amide bonds. The van der Waals surface area contributed by atoms with E-state index in [4.69, 9.17) is 0 Å². The molecule has 3 aliphatic rings. The molecule has 0 saturated heterocycles. The first-order valence-corrected chi connectivity index (χ1v) is 10.7. The summed E-state index contributed by atoms with van der Waals surface area (Å²) in [6.45, 7) is 13.8. The molecule has 1 heteroatoms. The third kappa shape index (κ3) is 3.14. The quantitative estimate of drug-likeness (QED) is 0.462. The molecule has 0 radical (unpaired) electrons. The van der Waals surface area contributed by atoms with Crippen LogP contribution in [0.25, 0.3) is 0 Å². The summed E-state index contributed by atoms with van der Waals surface area (Å²) in [7, 11) is 1.99. The van der Waals surface area contributed by atoms with Gasteiger partial charge in [0.25, 0.3) is 0 Å². The molecule has 0 bridgehead atoms. The average Bonchev–Trinajstić information content (AvgIpc) is 2.94. The largest absolute Gasteiger partial charge is 0.297 e. The van der Waals surface area contributed by atoms with E-state index in [9.17, 15) is 0 Å². The standard InChI is InChI=1S/C24H39N.CH4/c1-7-9-18-10-11-19-21-13-12-20(17(3)25-6)24(21,5)16-14-22(19)23(18,4)15-8-2;/h7,9,19-22H,1,8,10-16H2,2-6H3;1H4/b18-9-,25-17?;. The summed E-state index contributed by atoms with van der Waals surface area (Å²) >= 11 is 0. The van der Waals surface area contributed by atoms with Crippen LogP contribution in [0.2, 0.25) is 0 Å². The topological polar surface area (TPSA) is 12.4 Å². The van der Waals surface area contributed by atoms with Crippen molar-refractivity contribution in [3.8, 4) is 0 Å². The molecular formula is C25H43N. The lowest BCUT2D eigenvalue weighted by Gasteiger charge is -2.57. The average molecular weight is 358 g/mol. The van der Waals surface area contributed by atoms with Gasteiger partial charge in [0.05, 0.1) is 0 Å². The highest BCUT2D eigenvalue weighted by Crippen LogP contribution is 2.66. The Morgan fingerprint density at radius 1 is 1.19 bits per heavy atom. The highest BCUT2D eigenvalue weighted by atomic mass is 14.7. The molecule has 6 unspecified atom stereocenters. The van der Waals surface area contributed by atoms with Gasteiger partial charge in [-0.25, -0.2) is 0 Å². The molecule has 0 aromatic rings. The summed E-state index contributed by atoms with van der Waals surface area (Å²) < 4.78 is 0. The van der Waals surface area contributed by atoms with Crippen LogP contribution < -0.4 is 0 Å². The van der Waals surface area contributed by atoms with E-state index in [1.807, 2.05) is 13.1 Å². The molecule has 0 N–H and O–H groups in total. The van der Waals surface area contributed by atoms with Crippen molar-refractivity contribution in [1.82, 2.24) is 0 Å². The monoisotopic (exact) mass is 357 g/mol. The maximum Gasteiger partial charge on any atom is 0.0276 e. The van der Waals surface area contributed by atoms with Crippen molar-refractivity contribution in [2.24, 2.45) is 39.5 Å². The summed E-state index contributed by atoms with van der Waals surface area (Å²) in [6.07, 6.45) is 15.3. The lowest BCUT2D eigenvalue weighted by molar-refractivity contribution is -0.0408. The smallest absolute Gasteiger partial charge is 0.0276 e. The maximum atomic E-state index is 4.60. The van der Waals surface area contributed by atoms with Crippen molar-refractivity contribution in [3.63, 3.8) is 0 Å². The second-order valence-corrected chi connectivity index (χ2v) is 9.55. The second-order valence-electron chi connectivity index (χ2n) is 9.55. The van der Waals surface area contributed by atoms with Crippen LogP contribution in [0.3, 0.4) is 0 Å². The van der Waals surface area contributed by atoms with Gasteiger partial charge in [0.1, 0.15) is 0 Å². The van der Waals surface area contributed by atoms with Crippen LogP contribution in [0.1, 0.15) is 86.5 Å². The minimum Gasteiger partial charge on any atom is -0.297 e. The van der Waals surface area contributed by atoms with Crippen LogP contribution in [-0.2, 0) is 0 Å². The lowest BCUT2D eigenvalue weighted by atomic mass is 9.47. The predicted molar refractivity (Wildman–Crippen MR) is 117 cm³/mol. The van der Waals surface area contributed by atoms with Gasteiger partial charge in [-0.3, -0.25) is 4.99 Å². The van der Waals surface area contributed by atoms with Crippen LogP contribution in [0.5, 0.6) is 0 Å². The van der Waals surface area contributed by atoms with Gasteiger partial charge in [0.15, 0.2) is 0 Å². The van der Waals surface area contributed by atoms with E-state index < -0.39 is 0 Å². The maximum absolute atomic E-state index is 4.60. The Morgan fingerprint density at radius 2 is 1.92 bits per heavy atom. The fraction of sp³-hybridized carbons (Fsp3) is 0.800. The van der Waals surface area contributed by atoms with E-state index in [0.29, 0.717) is 10.8 Å². The van der Waals surface area contributed by atoms with E-state index in [1.54, 1.807) is 5.57 Å². The molecule has 0 heterocycles. The zero-order chi connectivity index (χ0) is 18.2. The molecule has 3 rings (SSSR count). The van der Waals surface area contributed by atoms with E-state index in [0.717, 1.165) is 23.7 Å². The van der Waals surface area contributed by atoms with Gasteiger partial charge in [-0.2, -0.15) is 0 Å². The third-order valence-electron chi connectivity index (χ3n) is 8.68. The van der Waals surface area contributed by atoms with Crippen molar-refractivity contribution < 1.29 is 0 Å². The number of rotatable bonds is 4. The molecule has 3 saturated carbocycles. The van der Waals surface area contributed by atoms with Crippen molar-refractivity contribution in [2.45, 2.75) is 86.5 Å². The zero-order valence-corrected chi connectivity index (χ0v) is 17.3. The van der Waals surface area contributed by atoms with Gasteiger partial charge in [0, 0.05) is 18.7 Å². The molecule has 0 aliphatic heterocycles. The van der Waals surface area contributed by atoms with Crippen LogP contribution in [0, 0.1) is 34.5 Å². The molecule has 26 heavy (non-hydrogen) atoms. The second kappa shape index (κ2) is 8.03. The van der Waals surface area contributed by atoms with Gasteiger partial charge in [-0.1, -0.05) is 58.9 Å². The van der Waals surface area contributed by atoms with E-state index in [-0.39, 0.29) is 7.43 Å². The molecule has 0 spiro atoms. The summed E-state index contributed by atoms with van der Waals surface area (Å²) in [5, 5.41) is 0. The molecule has 0 aromatic heterocycles. The fourth-order valence-corrected chi connectivity index (χ4v) is 7.45. The SMILES string of the molecule is C.C=C/C=C1/CCC2C(CCC3(C)C(C(C)=NC)CCC23)C1(C)CCC. The molecule has 0 aromatic carbocycles. The predicted octanol–water partition coefficient (Wildman–Crippen LogP) is 7.48. The third-order valence-corrected chi connectivity index (χ3v) is 8.68. The van der Waals surface area contributed by atoms with E-state index in [1.165, 1.54) is 57.1 Å². The Balaban J connectivity index is 0.00000243. The first kappa shape index (κ1) is 21.5. The van der Waals surface area contributed by atoms with Crippen molar-refractivity contribution in [2.75, 3.05) is 7.05 Å². The molecule has 6 atom stereocenters. The van der Waals surface area contributed by atoms with Gasteiger partial charge in [0.2, 0.25) is 0 Å². The summed E-state index contributed by atoms with van der Waals surface area (Å²) in [6, 6.07) is 0. The van der Waals surface area contributed by atoms with Crippen molar-refractivity contribution in [3.05, 3.63) is 24.3 Å². The zero-order valence-electron chi connectivity index (χ0n) is 17.3. The Bertz CT molecular complexity index is 571. The minimum atomic E-state index is 0. The number of fused-ring (bicyclic) bond motifs is 3. The highest BCUT2D eigenvalue weighted by Gasteiger charge is 2.58. The molecule has 3 fully saturated rings. The Kier molecular flexibility index (Phi) is 6.62. The number of hydrogen-bond donors (Lipinski definition) is 0. The van der Waals surface area contributed by atoms with Crippen molar-refractivity contribution >= 4 is 5.71 Å². The first-order valence-electron chi connectivity index (χ1n) is 10.7. The highest BCUT2D eigenvalue weighted by molar-refractivity contribution is 5.85. The van der Waals surface area contributed by atoms with Crippen LogP contribution >= 0.6 is 0 Å². The molecule has 148 valence electrons. The van der Waals surface area contributed by atoms with Crippen LogP contribution in [-0.4, -0.2) is 12.8 Å². The minimum absolute atomic E-state index is 0. The summed E-state index contributed by atoms with van der Waals surface area (Å²) in [5.41, 5.74) is 3.99. The molecule has 1 nitrogen and oxygen atoms in total. The normalized spacial score (nSPS) is 44.2. The summed E-state index contributed by atoms with van der Waals surface area (Å²) in [4.78, 5) is 4.60. The number of allylic oxidation sites excluding steroid dienone is 3. The fourth-order valence-electron chi connectivity index (χ4n) is 7.45.